The summed E-state index contributed by atoms with van der Waals surface area (Å²) in [6.07, 6.45) is 0.254. The lowest BCUT2D eigenvalue weighted by atomic mass is 10.1. The highest BCUT2D eigenvalue weighted by Crippen LogP contribution is 2.31. The van der Waals surface area contributed by atoms with Gasteiger partial charge in [-0.3, -0.25) is 9.52 Å². The number of nitrogens with zero attached hydrogens (tertiary/aromatic N) is 1. The number of fused-ring (bicyclic) bond motifs is 1. The molecule has 2 aromatic carbocycles. The van der Waals surface area contributed by atoms with Gasteiger partial charge in [-0.2, -0.15) is 0 Å². The third-order valence-corrected chi connectivity index (χ3v) is 5.35. The molecule has 0 fully saturated rings. The van der Waals surface area contributed by atoms with Crippen molar-refractivity contribution in [1.29, 1.82) is 0 Å². The van der Waals surface area contributed by atoms with Crippen LogP contribution in [0.1, 0.15) is 5.56 Å². The molecular formula is C15H12Cl2N2O3S. The number of sulfonamides is 1. The van der Waals surface area contributed by atoms with Gasteiger partial charge in [0.05, 0.1) is 11.3 Å². The number of nitrogens with one attached hydrogen (secondary N) is 1. The largest absolute Gasteiger partial charge is 0.315 e. The fraction of sp³-hybridized carbons (Fsp3) is 0.133. The van der Waals surface area contributed by atoms with Crippen molar-refractivity contribution in [3.63, 3.8) is 0 Å². The third kappa shape index (κ3) is 3.15. The Balaban J connectivity index is 1.93. The number of halogens is 2. The van der Waals surface area contributed by atoms with Crippen molar-refractivity contribution in [3.8, 4) is 0 Å². The molecule has 1 N–H and O–H groups in total. The van der Waals surface area contributed by atoms with E-state index in [-0.39, 0.29) is 27.3 Å². The summed E-state index contributed by atoms with van der Waals surface area (Å²) in [5.74, 6) is -0.0263. The van der Waals surface area contributed by atoms with Gasteiger partial charge < -0.3 is 4.90 Å². The highest BCUT2D eigenvalue weighted by molar-refractivity contribution is 7.92. The first-order chi connectivity index (χ1) is 10.8. The molecule has 1 amide bonds. The van der Waals surface area contributed by atoms with E-state index in [4.69, 9.17) is 23.2 Å². The Labute approximate surface area is 143 Å². The second kappa shape index (κ2) is 5.70. The number of benzene rings is 2. The van der Waals surface area contributed by atoms with Crippen LogP contribution in [0, 0.1) is 0 Å². The van der Waals surface area contributed by atoms with Crippen LogP contribution >= 0.6 is 23.2 Å². The normalized spacial score (nSPS) is 14.0. The molecule has 0 atom stereocenters. The van der Waals surface area contributed by atoms with E-state index in [1.54, 1.807) is 30.1 Å². The molecule has 1 aliphatic rings. The van der Waals surface area contributed by atoms with Gasteiger partial charge in [-0.15, -0.1) is 0 Å². The van der Waals surface area contributed by atoms with Gasteiger partial charge in [-0.25, -0.2) is 8.42 Å². The Hall–Kier alpha value is -1.76. The number of hydrogen-bond acceptors (Lipinski definition) is 3. The number of anilines is 2. The lowest BCUT2D eigenvalue weighted by molar-refractivity contribution is -0.117. The van der Waals surface area contributed by atoms with E-state index < -0.39 is 10.0 Å². The van der Waals surface area contributed by atoms with E-state index >= 15 is 0 Å². The van der Waals surface area contributed by atoms with Crippen molar-refractivity contribution in [2.24, 2.45) is 0 Å². The van der Waals surface area contributed by atoms with Gasteiger partial charge >= 0.3 is 0 Å². The highest BCUT2D eigenvalue weighted by atomic mass is 35.5. The van der Waals surface area contributed by atoms with Gasteiger partial charge in [0.15, 0.2) is 0 Å². The summed E-state index contributed by atoms with van der Waals surface area (Å²) < 4.78 is 27.3. The summed E-state index contributed by atoms with van der Waals surface area (Å²) in [7, 11) is -2.13. The summed E-state index contributed by atoms with van der Waals surface area (Å²) in [5, 5.41) is 0.470. The molecule has 8 heteroatoms. The standard InChI is InChI=1S/C15H12Cl2N2O3S/c1-19-14-3-2-12(4-9(14)5-15(19)20)18-23(21,22)13-7-10(16)6-11(17)8-13/h2-4,6-8,18H,5H2,1H3. The van der Waals surface area contributed by atoms with Crippen LogP contribution in [0.25, 0.3) is 0 Å². The van der Waals surface area contributed by atoms with E-state index in [0.29, 0.717) is 5.69 Å². The predicted molar refractivity (Wildman–Crippen MR) is 90.8 cm³/mol. The average Bonchev–Trinajstić information content (AvgIpc) is 2.72. The number of hydrogen-bond donors (Lipinski definition) is 1. The maximum absolute atomic E-state index is 12.4. The molecule has 0 aliphatic carbocycles. The quantitative estimate of drug-likeness (QED) is 0.900. The summed E-state index contributed by atoms with van der Waals surface area (Å²) in [6.45, 7) is 0. The molecule has 5 nitrogen and oxygen atoms in total. The minimum absolute atomic E-state index is 0.0244. The number of rotatable bonds is 3. The van der Waals surface area contributed by atoms with Crippen LogP contribution in [0.4, 0.5) is 11.4 Å². The summed E-state index contributed by atoms with van der Waals surface area (Å²) >= 11 is 11.7. The Morgan fingerprint density at radius 2 is 1.74 bits per heavy atom. The Morgan fingerprint density at radius 3 is 2.39 bits per heavy atom. The second-order valence-corrected chi connectivity index (χ2v) is 7.74. The van der Waals surface area contributed by atoms with Crippen LogP contribution in [0.15, 0.2) is 41.3 Å². The lowest BCUT2D eigenvalue weighted by Crippen LogP contribution is -2.20. The van der Waals surface area contributed by atoms with Gasteiger partial charge in [0, 0.05) is 28.5 Å². The van der Waals surface area contributed by atoms with E-state index in [1.165, 1.54) is 18.2 Å². The molecule has 120 valence electrons. The highest BCUT2D eigenvalue weighted by Gasteiger charge is 2.24. The molecule has 3 rings (SSSR count). The van der Waals surface area contributed by atoms with Crippen LogP contribution in [0.3, 0.4) is 0 Å². The minimum Gasteiger partial charge on any atom is -0.315 e. The number of carbonyl (C=O) groups is 1. The van der Waals surface area contributed by atoms with Crippen molar-refractivity contribution in [2.45, 2.75) is 11.3 Å². The molecule has 0 spiro atoms. The molecule has 1 aliphatic heterocycles. The van der Waals surface area contributed by atoms with Crippen molar-refractivity contribution < 1.29 is 13.2 Å². The summed E-state index contributed by atoms with van der Waals surface area (Å²) in [4.78, 5) is 13.2. The first-order valence-electron chi connectivity index (χ1n) is 6.65. The average molecular weight is 371 g/mol. The maximum atomic E-state index is 12.4. The lowest BCUT2D eigenvalue weighted by Gasteiger charge is -2.12. The number of likely N-dealkylation sites (N-methyl/N-ethyl adjacent to an activating group) is 1. The molecule has 0 bridgehead atoms. The minimum atomic E-state index is -3.82. The van der Waals surface area contributed by atoms with E-state index in [0.717, 1.165) is 11.3 Å². The molecule has 0 aromatic heterocycles. The van der Waals surface area contributed by atoms with Crippen molar-refractivity contribution in [1.82, 2.24) is 0 Å². The van der Waals surface area contributed by atoms with E-state index in [2.05, 4.69) is 4.72 Å². The third-order valence-electron chi connectivity index (χ3n) is 3.56. The smallest absolute Gasteiger partial charge is 0.261 e. The zero-order chi connectivity index (χ0) is 16.8. The van der Waals surface area contributed by atoms with E-state index in [1.807, 2.05) is 0 Å². The zero-order valence-corrected chi connectivity index (χ0v) is 14.3. The zero-order valence-electron chi connectivity index (χ0n) is 12.0. The van der Waals surface area contributed by atoms with Crippen molar-refractivity contribution in [3.05, 3.63) is 52.0 Å². The summed E-state index contributed by atoms with van der Waals surface area (Å²) in [6, 6.07) is 9.07. The van der Waals surface area contributed by atoms with Crippen LogP contribution in [0.5, 0.6) is 0 Å². The fourth-order valence-corrected chi connectivity index (χ4v) is 4.21. The molecular weight excluding hydrogens is 359 g/mol. The van der Waals surface area contributed by atoms with E-state index in [9.17, 15) is 13.2 Å². The molecule has 0 unspecified atom stereocenters. The molecule has 0 radical (unpaired) electrons. The first-order valence-corrected chi connectivity index (χ1v) is 8.88. The number of amides is 1. The van der Waals surface area contributed by atoms with Gasteiger partial charge in [-0.1, -0.05) is 23.2 Å². The van der Waals surface area contributed by atoms with Gasteiger partial charge in [0.1, 0.15) is 0 Å². The van der Waals surface area contributed by atoms with Gasteiger partial charge in [0.2, 0.25) is 5.91 Å². The Morgan fingerprint density at radius 1 is 1.09 bits per heavy atom. The molecule has 2 aromatic rings. The maximum Gasteiger partial charge on any atom is 0.261 e. The van der Waals surface area contributed by atoms with Crippen molar-refractivity contribution >= 4 is 50.5 Å². The van der Waals surface area contributed by atoms with Crippen LogP contribution in [0.2, 0.25) is 10.0 Å². The fourth-order valence-electron chi connectivity index (χ4n) is 2.43. The summed E-state index contributed by atoms with van der Waals surface area (Å²) in [5.41, 5.74) is 1.94. The van der Waals surface area contributed by atoms with Gasteiger partial charge in [0.25, 0.3) is 10.0 Å². The molecule has 0 saturated heterocycles. The SMILES string of the molecule is CN1C(=O)Cc2cc(NS(=O)(=O)c3cc(Cl)cc(Cl)c3)ccc21. The predicted octanol–water partition coefficient (Wildman–Crippen LogP) is 3.31. The molecule has 0 saturated carbocycles. The second-order valence-electron chi connectivity index (χ2n) is 5.18. The number of carbonyl (C=O) groups excluding carboxylic acids is 1. The van der Waals surface area contributed by atoms with Crippen molar-refractivity contribution in [2.75, 3.05) is 16.7 Å². The monoisotopic (exact) mass is 370 g/mol. The topological polar surface area (TPSA) is 66.5 Å². The van der Waals surface area contributed by atoms with Crippen LogP contribution < -0.4 is 9.62 Å². The molecule has 1 heterocycles. The first kappa shape index (κ1) is 16.1. The van der Waals surface area contributed by atoms with Crippen LogP contribution in [-0.2, 0) is 21.2 Å². The Bertz CT molecular complexity index is 893. The Kier molecular flexibility index (Phi) is 4.00. The van der Waals surface area contributed by atoms with Crippen LogP contribution in [-0.4, -0.2) is 21.4 Å². The van der Waals surface area contributed by atoms with Gasteiger partial charge in [-0.05, 0) is 42.0 Å². The molecule has 23 heavy (non-hydrogen) atoms.